The topological polar surface area (TPSA) is 54.9 Å². The van der Waals surface area contributed by atoms with E-state index in [0.29, 0.717) is 11.5 Å². The molecule has 0 atom stereocenters. The number of anilines is 1. The van der Waals surface area contributed by atoms with Crippen LogP contribution in [0.2, 0.25) is 0 Å². The van der Waals surface area contributed by atoms with E-state index < -0.39 is 0 Å². The van der Waals surface area contributed by atoms with Crippen LogP contribution in [-0.4, -0.2) is 33.8 Å². The van der Waals surface area contributed by atoms with E-state index in [1.807, 2.05) is 18.2 Å². The zero-order valence-corrected chi connectivity index (χ0v) is 16.6. The minimum Gasteiger partial charge on any atom is -0.493 e. The fourth-order valence-electron chi connectivity index (χ4n) is 1.99. The van der Waals surface area contributed by atoms with Crippen molar-refractivity contribution in [1.82, 2.24) is 5.32 Å². The lowest BCUT2D eigenvalue weighted by molar-refractivity contribution is 0.355. The second-order valence-electron chi connectivity index (χ2n) is 4.52. The lowest BCUT2D eigenvalue weighted by Crippen LogP contribution is -2.32. The largest absolute Gasteiger partial charge is 0.493 e. The average molecular weight is 447 g/mol. The quantitative estimate of drug-likeness (QED) is 0.404. The van der Waals surface area contributed by atoms with Gasteiger partial charge >= 0.3 is 0 Å². The molecule has 1 aromatic carbocycles. The Balaban J connectivity index is 0.00000264. The van der Waals surface area contributed by atoms with E-state index in [2.05, 4.69) is 33.1 Å². The Morgan fingerprint density at radius 3 is 2.57 bits per heavy atom. The van der Waals surface area contributed by atoms with Gasteiger partial charge in [0.15, 0.2) is 17.5 Å². The van der Waals surface area contributed by atoms with Gasteiger partial charge in [-0.05, 0) is 30.0 Å². The Bertz CT molecular complexity index is 618. The highest BCUT2D eigenvalue weighted by Gasteiger charge is 2.06. The van der Waals surface area contributed by atoms with Crippen molar-refractivity contribution in [3.8, 4) is 11.5 Å². The van der Waals surface area contributed by atoms with Crippen LogP contribution < -0.4 is 20.1 Å². The van der Waals surface area contributed by atoms with Gasteiger partial charge in [0, 0.05) is 30.2 Å². The van der Waals surface area contributed by atoms with E-state index in [1.54, 1.807) is 32.6 Å². The van der Waals surface area contributed by atoms with Gasteiger partial charge in [0.1, 0.15) is 0 Å². The first kappa shape index (κ1) is 19.6. The van der Waals surface area contributed by atoms with Crippen molar-refractivity contribution in [3.05, 3.63) is 40.6 Å². The van der Waals surface area contributed by atoms with Crippen LogP contribution in [0.3, 0.4) is 0 Å². The first-order valence-electron chi connectivity index (χ1n) is 6.99. The van der Waals surface area contributed by atoms with Crippen molar-refractivity contribution in [3.63, 3.8) is 0 Å². The first-order chi connectivity index (χ1) is 10.8. The Labute approximate surface area is 158 Å². The maximum absolute atomic E-state index is 5.30. The molecule has 0 aliphatic rings. The molecule has 0 radical (unpaired) electrons. The zero-order valence-electron chi connectivity index (χ0n) is 13.5. The van der Waals surface area contributed by atoms with Crippen LogP contribution in [0.15, 0.2) is 40.7 Å². The lowest BCUT2D eigenvalue weighted by Gasteiger charge is -2.13. The van der Waals surface area contributed by atoms with Crippen molar-refractivity contribution in [1.29, 1.82) is 0 Å². The predicted octanol–water partition coefficient (Wildman–Crippen LogP) is 3.61. The van der Waals surface area contributed by atoms with Crippen LogP contribution in [0.4, 0.5) is 5.69 Å². The number of ether oxygens (including phenoxy) is 2. The Kier molecular flexibility index (Phi) is 8.78. The van der Waals surface area contributed by atoms with Gasteiger partial charge in [-0.15, -0.1) is 35.3 Å². The molecule has 2 rings (SSSR count). The third-order valence-electron chi connectivity index (χ3n) is 3.11. The fraction of sp³-hybridized carbons (Fsp3) is 0.312. The molecule has 1 aromatic heterocycles. The lowest BCUT2D eigenvalue weighted by atomic mass is 10.2. The van der Waals surface area contributed by atoms with E-state index in [0.717, 1.165) is 24.6 Å². The summed E-state index contributed by atoms with van der Waals surface area (Å²) >= 11 is 1.76. The number of thiophene rings is 1. The van der Waals surface area contributed by atoms with Gasteiger partial charge in [0.25, 0.3) is 0 Å². The summed E-state index contributed by atoms with van der Waals surface area (Å²) < 4.78 is 10.5. The molecule has 0 unspecified atom stereocenters. The van der Waals surface area contributed by atoms with Crippen molar-refractivity contribution < 1.29 is 9.47 Å². The normalized spacial score (nSPS) is 10.7. The highest BCUT2D eigenvalue weighted by atomic mass is 127. The molecular formula is C16H22IN3O2S. The molecule has 5 nitrogen and oxygen atoms in total. The number of guanidine groups is 1. The van der Waals surface area contributed by atoms with E-state index in [1.165, 1.54) is 4.88 Å². The molecule has 0 aliphatic heterocycles. The van der Waals surface area contributed by atoms with Gasteiger partial charge in [-0.2, -0.15) is 0 Å². The number of methoxy groups -OCH3 is 2. The fourth-order valence-corrected chi connectivity index (χ4v) is 2.70. The van der Waals surface area contributed by atoms with Crippen molar-refractivity contribution in [2.75, 3.05) is 33.1 Å². The number of rotatable bonds is 6. The third-order valence-corrected chi connectivity index (χ3v) is 4.05. The van der Waals surface area contributed by atoms with Gasteiger partial charge in [0.05, 0.1) is 14.2 Å². The number of nitrogens with zero attached hydrogens (tertiary/aromatic N) is 1. The van der Waals surface area contributed by atoms with Crippen molar-refractivity contribution in [2.45, 2.75) is 6.42 Å². The van der Waals surface area contributed by atoms with Crippen molar-refractivity contribution >= 4 is 47.0 Å². The molecule has 7 heteroatoms. The zero-order chi connectivity index (χ0) is 15.8. The predicted molar refractivity (Wildman–Crippen MR) is 108 cm³/mol. The minimum absolute atomic E-state index is 0. The van der Waals surface area contributed by atoms with Crippen molar-refractivity contribution in [2.24, 2.45) is 4.99 Å². The van der Waals surface area contributed by atoms with Gasteiger partial charge in [-0.25, -0.2) is 0 Å². The number of aliphatic imine (C=N–C) groups is 1. The SMILES string of the molecule is CN=C(NCCc1cccs1)Nc1ccc(OC)c(OC)c1.I. The van der Waals surface area contributed by atoms with E-state index in [9.17, 15) is 0 Å². The number of hydrogen-bond donors (Lipinski definition) is 2. The summed E-state index contributed by atoms with van der Waals surface area (Å²) in [4.78, 5) is 5.58. The second-order valence-corrected chi connectivity index (χ2v) is 5.56. The summed E-state index contributed by atoms with van der Waals surface area (Å²) in [6.07, 6.45) is 0.976. The van der Waals surface area contributed by atoms with Gasteiger partial charge < -0.3 is 20.1 Å². The molecule has 1 heterocycles. The van der Waals surface area contributed by atoms with E-state index in [4.69, 9.17) is 9.47 Å². The maximum atomic E-state index is 5.30. The summed E-state index contributed by atoms with van der Waals surface area (Å²) in [6, 6.07) is 9.87. The highest BCUT2D eigenvalue weighted by Crippen LogP contribution is 2.29. The number of nitrogens with one attached hydrogen (secondary N) is 2. The summed E-state index contributed by atoms with van der Waals surface area (Å²) in [5, 5.41) is 8.63. The monoisotopic (exact) mass is 447 g/mol. The summed E-state index contributed by atoms with van der Waals surface area (Å²) in [6.45, 7) is 0.827. The summed E-state index contributed by atoms with van der Waals surface area (Å²) in [7, 11) is 4.99. The minimum atomic E-state index is 0. The Morgan fingerprint density at radius 2 is 1.96 bits per heavy atom. The number of benzene rings is 1. The molecule has 0 aliphatic carbocycles. The Morgan fingerprint density at radius 1 is 1.17 bits per heavy atom. The molecule has 0 fully saturated rings. The molecule has 0 bridgehead atoms. The van der Waals surface area contributed by atoms with Gasteiger partial charge in [-0.1, -0.05) is 6.07 Å². The van der Waals surface area contributed by atoms with Crippen LogP contribution >= 0.6 is 35.3 Å². The highest BCUT2D eigenvalue weighted by molar-refractivity contribution is 14.0. The average Bonchev–Trinajstić information content (AvgIpc) is 3.07. The summed E-state index contributed by atoms with van der Waals surface area (Å²) in [5.74, 6) is 2.11. The molecule has 0 saturated heterocycles. The van der Waals surface area contributed by atoms with Crippen LogP contribution in [0.1, 0.15) is 4.88 Å². The molecule has 2 aromatic rings. The smallest absolute Gasteiger partial charge is 0.195 e. The van der Waals surface area contributed by atoms with Gasteiger partial charge in [-0.3, -0.25) is 4.99 Å². The standard InChI is InChI=1S/C16H21N3O2S.HI/c1-17-16(18-9-8-13-5-4-10-22-13)19-12-6-7-14(20-2)15(11-12)21-3;/h4-7,10-11H,8-9H2,1-3H3,(H2,17,18,19);1H. The molecule has 0 spiro atoms. The van der Waals surface area contributed by atoms with Crippen LogP contribution in [0.25, 0.3) is 0 Å². The molecule has 0 saturated carbocycles. The van der Waals surface area contributed by atoms with Crippen LogP contribution in [-0.2, 0) is 6.42 Å². The number of halogens is 1. The van der Waals surface area contributed by atoms with E-state index in [-0.39, 0.29) is 24.0 Å². The first-order valence-corrected chi connectivity index (χ1v) is 7.87. The molecule has 2 N–H and O–H groups in total. The Hall–Kier alpha value is -1.48. The molecule has 23 heavy (non-hydrogen) atoms. The van der Waals surface area contributed by atoms with Crippen LogP contribution in [0, 0.1) is 0 Å². The second kappa shape index (κ2) is 10.3. The third kappa shape index (κ3) is 5.91. The summed E-state index contributed by atoms with van der Waals surface area (Å²) in [5.41, 5.74) is 0.891. The van der Waals surface area contributed by atoms with E-state index >= 15 is 0 Å². The van der Waals surface area contributed by atoms with Gasteiger partial charge in [0.2, 0.25) is 0 Å². The number of hydrogen-bond acceptors (Lipinski definition) is 4. The molecule has 0 amide bonds. The maximum Gasteiger partial charge on any atom is 0.195 e. The van der Waals surface area contributed by atoms with Crippen LogP contribution in [0.5, 0.6) is 11.5 Å². The molecular weight excluding hydrogens is 425 g/mol. The molecule has 126 valence electrons.